The molecule has 0 saturated heterocycles. The van der Waals surface area contributed by atoms with Crippen molar-refractivity contribution in [2.75, 3.05) is 19.6 Å². The summed E-state index contributed by atoms with van der Waals surface area (Å²) in [7, 11) is 0. The normalized spacial score (nSPS) is 26.7. The van der Waals surface area contributed by atoms with Crippen molar-refractivity contribution < 1.29 is 0 Å². The Hall–Kier alpha value is -0.0800. The van der Waals surface area contributed by atoms with Crippen LogP contribution in [0, 0.1) is 11.8 Å². The van der Waals surface area contributed by atoms with E-state index in [1.807, 2.05) is 0 Å². The molecule has 1 N–H and O–H groups in total. The molecule has 21 heavy (non-hydrogen) atoms. The molecule has 0 heterocycles. The predicted molar refractivity (Wildman–Crippen MR) is 94.8 cm³/mol. The maximum Gasteiger partial charge on any atom is 0.0108 e. The molecule has 2 nitrogen and oxygen atoms in total. The highest BCUT2D eigenvalue weighted by Crippen LogP contribution is 2.30. The fourth-order valence-electron chi connectivity index (χ4n) is 3.73. The van der Waals surface area contributed by atoms with Crippen LogP contribution in [0.4, 0.5) is 0 Å². The zero-order valence-corrected chi connectivity index (χ0v) is 15.3. The molecule has 2 heteroatoms. The van der Waals surface area contributed by atoms with Crippen molar-refractivity contribution in [1.82, 2.24) is 10.2 Å². The maximum absolute atomic E-state index is 3.83. The quantitative estimate of drug-likeness (QED) is 0.588. The van der Waals surface area contributed by atoms with Crippen LogP contribution in [0.15, 0.2) is 0 Å². The zero-order valence-electron chi connectivity index (χ0n) is 15.3. The van der Waals surface area contributed by atoms with E-state index in [1.165, 1.54) is 64.6 Å². The molecule has 0 aromatic carbocycles. The van der Waals surface area contributed by atoms with Crippen molar-refractivity contribution in [3.05, 3.63) is 0 Å². The summed E-state index contributed by atoms with van der Waals surface area (Å²) in [5.74, 6) is 1.77. The topological polar surface area (TPSA) is 15.3 Å². The van der Waals surface area contributed by atoms with Gasteiger partial charge in [0.1, 0.15) is 0 Å². The van der Waals surface area contributed by atoms with Gasteiger partial charge < -0.3 is 10.2 Å². The lowest BCUT2D eigenvalue weighted by Gasteiger charge is -2.40. The third-order valence-corrected chi connectivity index (χ3v) is 5.15. The van der Waals surface area contributed by atoms with Crippen molar-refractivity contribution in [2.24, 2.45) is 11.8 Å². The minimum Gasteiger partial charge on any atom is -0.314 e. The summed E-state index contributed by atoms with van der Waals surface area (Å²) in [5, 5.41) is 3.83. The third kappa shape index (κ3) is 7.15. The molecule has 0 aliphatic heterocycles. The van der Waals surface area contributed by atoms with Gasteiger partial charge in [-0.2, -0.15) is 0 Å². The van der Waals surface area contributed by atoms with Gasteiger partial charge in [0, 0.05) is 18.6 Å². The minimum absolute atomic E-state index is 0.686. The second-order valence-corrected chi connectivity index (χ2v) is 7.53. The van der Waals surface area contributed by atoms with E-state index >= 15 is 0 Å². The Kier molecular flexibility index (Phi) is 9.59. The Morgan fingerprint density at radius 1 is 1.10 bits per heavy atom. The first-order valence-electron chi connectivity index (χ1n) is 9.55. The number of rotatable bonds is 10. The SMILES string of the molecule is CCCCCN(CC1CC(C)CCC1NCCC)C(C)C. The van der Waals surface area contributed by atoms with E-state index in [0.717, 1.165) is 17.9 Å². The average Bonchev–Trinajstić information content (AvgIpc) is 2.45. The molecule has 0 spiro atoms. The van der Waals surface area contributed by atoms with E-state index in [9.17, 15) is 0 Å². The van der Waals surface area contributed by atoms with E-state index in [2.05, 4.69) is 44.8 Å². The van der Waals surface area contributed by atoms with Crippen LogP contribution < -0.4 is 5.32 Å². The molecular weight excluding hydrogens is 256 g/mol. The van der Waals surface area contributed by atoms with Crippen LogP contribution in [-0.4, -0.2) is 36.6 Å². The maximum atomic E-state index is 3.83. The van der Waals surface area contributed by atoms with E-state index in [0.29, 0.717) is 6.04 Å². The first-order chi connectivity index (χ1) is 10.1. The van der Waals surface area contributed by atoms with Crippen LogP contribution in [0.5, 0.6) is 0 Å². The fraction of sp³-hybridized carbons (Fsp3) is 1.00. The van der Waals surface area contributed by atoms with Crippen molar-refractivity contribution >= 4 is 0 Å². The van der Waals surface area contributed by atoms with Crippen LogP contribution in [0.25, 0.3) is 0 Å². The summed E-state index contributed by atoms with van der Waals surface area (Å²) in [4.78, 5) is 2.74. The van der Waals surface area contributed by atoms with Gasteiger partial charge in [-0.05, 0) is 70.9 Å². The Balaban J connectivity index is 2.54. The van der Waals surface area contributed by atoms with Crippen molar-refractivity contribution in [2.45, 2.75) is 91.6 Å². The van der Waals surface area contributed by atoms with Crippen LogP contribution in [0.2, 0.25) is 0 Å². The molecule has 0 aromatic heterocycles. The minimum atomic E-state index is 0.686. The smallest absolute Gasteiger partial charge is 0.0108 e. The van der Waals surface area contributed by atoms with E-state index in [1.54, 1.807) is 0 Å². The highest BCUT2D eigenvalue weighted by atomic mass is 15.1. The Bertz CT molecular complexity index is 250. The predicted octanol–water partition coefficient (Wildman–Crippen LogP) is 4.69. The molecule has 1 aliphatic rings. The number of nitrogens with one attached hydrogen (secondary N) is 1. The van der Waals surface area contributed by atoms with Crippen LogP contribution in [0.1, 0.15) is 79.6 Å². The average molecular weight is 297 g/mol. The molecule has 0 radical (unpaired) electrons. The lowest BCUT2D eigenvalue weighted by atomic mass is 9.78. The van der Waals surface area contributed by atoms with E-state index in [-0.39, 0.29) is 0 Å². The molecule has 126 valence electrons. The second kappa shape index (κ2) is 10.6. The molecular formula is C19H40N2. The lowest BCUT2D eigenvalue weighted by Crippen LogP contribution is -2.47. The molecule has 0 amide bonds. The van der Waals surface area contributed by atoms with Gasteiger partial charge in [-0.15, -0.1) is 0 Å². The van der Waals surface area contributed by atoms with Gasteiger partial charge in [0.2, 0.25) is 0 Å². The third-order valence-electron chi connectivity index (χ3n) is 5.15. The summed E-state index contributed by atoms with van der Waals surface area (Å²) in [6.45, 7) is 15.5. The van der Waals surface area contributed by atoms with Gasteiger partial charge in [-0.3, -0.25) is 0 Å². The van der Waals surface area contributed by atoms with Gasteiger partial charge in [0.05, 0.1) is 0 Å². The van der Waals surface area contributed by atoms with Gasteiger partial charge in [0.15, 0.2) is 0 Å². The Labute approximate surface area is 134 Å². The number of unbranched alkanes of at least 4 members (excludes halogenated alkanes) is 2. The van der Waals surface area contributed by atoms with Crippen LogP contribution >= 0.6 is 0 Å². The highest BCUT2D eigenvalue weighted by molar-refractivity contribution is 4.86. The van der Waals surface area contributed by atoms with Gasteiger partial charge in [-0.1, -0.05) is 33.6 Å². The van der Waals surface area contributed by atoms with E-state index in [4.69, 9.17) is 0 Å². The molecule has 1 aliphatic carbocycles. The molecule has 3 unspecified atom stereocenters. The Morgan fingerprint density at radius 2 is 1.86 bits per heavy atom. The van der Waals surface area contributed by atoms with Gasteiger partial charge >= 0.3 is 0 Å². The number of nitrogens with zero attached hydrogens (tertiary/aromatic N) is 1. The molecule has 3 atom stereocenters. The summed E-state index contributed by atoms with van der Waals surface area (Å²) in [6.07, 6.45) is 9.53. The summed E-state index contributed by atoms with van der Waals surface area (Å²) < 4.78 is 0. The molecule has 1 rings (SSSR count). The largest absolute Gasteiger partial charge is 0.314 e. The fourth-order valence-corrected chi connectivity index (χ4v) is 3.73. The molecule has 1 fully saturated rings. The summed E-state index contributed by atoms with van der Waals surface area (Å²) in [5.41, 5.74) is 0. The van der Waals surface area contributed by atoms with Crippen LogP contribution in [-0.2, 0) is 0 Å². The van der Waals surface area contributed by atoms with E-state index < -0.39 is 0 Å². The Morgan fingerprint density at radius 3 is 2.48 bits per heavy atom. The molecule has 0 bridgehead atoms. The lowest BCUT2D eigenvalue weighted by molar-refractivity contribution is 0.122. The zero-order chi connectivity index (χ0) is 15.7. The second-order valence-electron chi connectivity index (χ2n) is 7.53. The standard InChI is InChI=1S/C19H40N2/c1-6-8-9-13-21(16(3)4)15-18-14-17(5)10-11-19(18)20-12-7-2/h16-20H,6-15H2,1-5H3. The molecule has 0 aromatic rings. The monoisotopic (exact) mass is 296 g/mol. The summed E-state index contributed by atoms with van der Waals surface area (Å²) in [6, 6.07) is 1.44. The summed E-state index contributed by atoms with van der Waals surface area (Å²) >= 11 is 0. The van der Waals surface area contributed by atoms with Gasteiger partial charge in [-0.25, -0.2) is 0 Å². The van der Waals surface area contributed by atoms with Crippen molar-refractivity contribution in [3.8, 4) is 0 Å². The number of hydrogen-bond donors (Lipinski definition) is 1. The first-order valence-corrected chi connectivity index (χ1v) is 9.55. The van der Waals surface area contributed by atoms with Crippen molar-refractivity contribution in [3.63, 3.8) is 0 Å². The highest BCUT2D eigenvalue weighted by Gasteiger charge is 2.29. The van der Waals surface area contributed by atoms with Crippen LogP contribution in [0.3, 0.4) is 0 Å². The first kappa shape index (κ1) is 19.0. The number of hydrogen-bond acceptors (Lipinski definition) is 2. The van der Waals surface area contributed by atoms with Gasteiger partial charge in [0.25, 0.3) is 0 Å². The van der Waals surface area contributed by atoms with Crippen molar-refractivity contribution in [1.29, 1.82) is 0 Å². The molecule has 1 saturated carbocycles.